The molecule has 0 atom stereocenters. The predicted molar refractivity (Wildman–Crippen MR) is 98.2 cm³/mol. The van der Waals surface area contributed by atoms with Gasteiger partial charge in [-0.2, -0.15) is 5.10 Å². The van der Waals surface area contributed by atoms with Crippen LogP contribution in [0.25, 0.3) is 5.82 Å². The summed E-state index contributed by atoms with van der Waals surface area (Å²) in [5.74, 6) is 2.64. The normalized spacial score (nSPS) is 10.3. The molecule has 2 heterocycles. The van der Waals surface area contributed by atoms with E-state index in [0.29, 0.717) is 17.1 Å². The van der Waals surface area contributed by atoms with Gasteiger partial charge in [-0.1, -0.05) is 23.6 Å². The van der Waals surface area contributed by atoms with Crippen LogP contribution in [0.1, 0.15) is 27.4 Å². The van der Waals surface area contributed by atoms with Crippen LogP contribution in [0.5, 0.6) is 0 Å². The number of amides is 1. The highest BCUT2D eigenvalue weighted by Crippen LogP contribution is 2.19. The second-order valence-electron chi connectivity index (χ2n) is 5.52. The number of benzene rings is 1. The maximum absolute atomic E-state index is 12.6. The van der Waals surface area contributed by atoms with Crippen LogP contribution >= 0.6 is 11.6 Å². The number of hydrogen-bond acceptors (Lipinski definition) is 3. The molecule has 2 aromatic heterocycles. The van der Waals surface area contributed by atoms with Gasteiger partial charge in [0.15, 0.2) is 5.82 Å². The van der Waals surface area contributed by atoms with E-state index in [1.807, 2.05) is 19.9 Å². The average Bonchev–Trinajstić information content (AvgIpc) is 2.93. The lowest BCUT2D eigenvalue weighted by Gasteiger charge is -2.09. The molecule has 0 saturated carbocycles. The summed E-state index contributed by atoms with van der Waals surface area (Å²) in [6, 6.07) is 12.3. The van der Waals surface area contributed by atoms with Crippen molar-refractivity contribution in [1.82, 2.24) is 14.8 Å². The number of hydrogen-bond donors (Lipinski definition) is 1. The van der Waals surface area contributed by atoms with Crippen molar-refractivity contribution in [2.24, 2.45) is 0 Å². The van der Waals surface area contributed by atoms with Crippen LogP contribution < -0.4 is 5.32 Å². The van der Waals surface area contributed by atoms with E-state index in [4.69, 9.17) is 18.0 Å². The molecule has 0 unspecified atom stereocenters. The van der Waals surface area contributed by atoms with Crippen molar-refractivity contribution >= 4 is 23.2 Å². The zero-order valence-corrected chi connectivity index (χ0v) is 14.5. The topological polar surface area (TPSA) is 59.8 Å². The van der Waals surface area contributed by atoms with Gasteiger partial charge in [-0.3, -0.25) is 4.79 Å². The molecule has 25 heavy (non-hydrogen) atoms. The first-order valence-electron chi connectivity index (χ1n) is 7.56. The highest BCUT2D eigenvalue weighted by molar-refractivity contribution is 6.34. The van der Waals surface area contributed by atoms with Crippen molar-refractivity contribution in [1.29, 1.82) is 0 Å². The van der Waals surface area contributed by atoms with Gasteiger partial charge in [0.05, 0.1) is 10.7 Å². The van der Waals surface area contributed by atoms with Crippen molar-refractivity contribution in [3.63, 3.8) is 0 Å². The number of pyridine rings is 1. The summed E-state index contributed by atoms with van der Waals surface area (Å²) in [6.07, 6.45) is 5.38. The largest absolute Gasteiger partial charge is 0.321 e. The summed E-state index contributed by atoms with van der Waals surface area (Å²) in [5, 5.41) is 7.40. The van der Waals surface area contributed by atoms with Gasteiger partial charge < -0.3 is 5.32 Å². The Morgan fingerprint density at radius 3 is 2.72 bits per heavy atom. The molecule has 0 radical (unpaired) electrons. The molecular formula is C19H15ClN4O. The second kappa shape index (κ2) is 6.80. The maximum atomic E-state index is 12.6. The molecule has 0 fully saturated rings. The van der Waals surface area contributed by atoms with Crippen LogP contribution in [0.3, 0.4) is 0 Å². The van der Waals surface area contributed by atoms with Gasteiger partial charge in [-0.05, 0) is 50.2 Å². The van der Waals surface area contributed by atoms with Crippen molar-refractivity contribution in [3.8, 4) is 18.2 Å². The lowest BCUT2D eigenvalue weighted by atomic mass is 10.2. The smallest absolute Gasteiger partial charge is 0.275 e. The molecule has 6 heteroatoms. The van der Waals surface area contributed by atoms with Gasteiger partial charge in [0.1, 0.15) is 5.69 Å². The number of nitrogens with one attached hydrogen (secondary N) is 1. The van der Waals surface area contributed by atoms with E-state index >= 15 is 0 Å². The van der Waals surface area contributed by atoms with Crippen molar-refractivity contribution in [2.45, 2.75) is 13.8 Å². The van der Waals surface area contributed by atoms with Crippen LogP contribution in [-0.4, -0.2) is 20.7 Å². The van der Waals surface area contributed by atoms with Crippen molar-refractivity contribution in [2.75, 3.05) is 5.32 Å². The fourth-order valence-corrected chi connectivity index (χ4v) is 2.64. The minimum Gasteiger partial charge on any atom is -0.321 e. The third-order valence-corrected chi connectivity index (χ3v) is 3.87. The second-order valence-corrected chi connectivity index (χ2v) is 5.93. The van der Waals surface area contributed by atoms with Gasteiger partial charge in [-0.25, -0.2) is 9.67 Å². The molecule has 3 rings (SSSR count). The van der Waals surface area contributed by atoms with Crippen molar-refractivity contribution in [3.05, 3.63) is 70.1 Å². The van der Waals surface area contributed by atoms with Gasteiger partial charge in [0.25, 0.3) is 5.91 Å². The summed E-state index contributed by atoms with van der Waals surface area (Å²) < 4.78 is 1.67. The van der Waals surface area contributed by atoms with Gasteiger partial charge >= 0.3 is 0 Å². The molecule has 0 bridgehead atoms. The van der Waals surface area contributed by atoms with E-state index in [-0.39, 0.29) is 10.7 Å². The number of carbonyl (C=O) groups excluding carboxylic acids is 1. The first-order valence-corrected chi connectivity index (χ1v) is 7.94. The molecular weight excluding hydrogens is 336 g/mol. The van der Waals surface area contributed by atoms with E-state index < -0.39 is 5.91 Å². The summed E-state index contributed by atoms with van der Waals surface area (Å²) >= 11 is 6.16. The number of anilines is 1. The Balaban J connectivity index is 1.93. The minimum atomic E-state index is -0.414. The van der Waals surface area contributed by atoms with E-state index in [9.17, 15) is 4.79 Å². The average molecular weight is 351 g/mol. The molecule has 1 N–H and O–H groups in total. The number of aryl methyl sites for hydroxylation is 2. The number of halogens is 1. The monoisotopic (exact) mass is 350 g/mol. The highest BCUT2D eigenvalue weighted by atomic mass is 35.5. The number of carbonyl (C=O) groups is 1. The maximum Gasteiger partial charge on any atom is 0.275 e. The number of rotatable bonds is 3. The molecule has 0 aliphatic carbocycles. The molecule has 1 aromatic carbocycles. The Hall–Kier alpha value is -3.10. The molecule has 5 nitrogen and oxygen atoms in total. The summed E-state index contributed by atoms with van der Waals surface area (Å²) in [6.45, 7) is 3.81. The zero-order valence-electron chi connectivity index (χ0n) is 13.7. The molecule has 124 valence electrons. The number of aromatic nitrogens is 3. The third kappa shape index (κ3) is 3.54. The van der Waals surface area contributed by atoms with E-state index in [0.717, 1.165) is 11.4 Å². The van der Waals surface area contributed by atoms with Crippen LogP contribution in [0, 0.1) is 26.2 Å². The van der Waals surface area contributed by atoms with Crippen LogP contribution in [0.2, 0.25) is 5.02 Å². The van der Waals surface area contributed by atoms with Crippen LogP contribution in [0.15, 0.2) is 42.5 Å². The highest BCUT2D eigenvalue weighted by Gasteiger charge is 2.15. The standard InChI is InChI=1S/C19H15ClN4O/c1-4-14-6-5-7-15(11-14)21-19(25)18-16(20)8-9-17(22-18)24-13(3)10-12(2)23-24/h1,5-11H,2-3H3,(H,21,25). The summed E-state index contributed by atoms with van der Waals surface area (Å²) in [7, 11) is 0. The summed E-state index contributed by atoms with van der Waals surface area (Å²) in [5.41, 5.74) is 3.16. The van der Waals surface area contributed by atoms with Gasteiger partial charge in [0.2, 0.25) is 0 Å². The Labute approximate surface area is 150 Å². The summed E-state index contributed by atoms with van der Waals surface area (Å²) in [4.78, 5) is 16.9. The lowest BCUT2D eigenvalue weighted by Crippen LogP contribution is -2.16. The van der Waals surface area contributed by atoms with Gasteiger partial charge in [0, 0.05) is 16.9 Å². The number of nitrogens with zero attached hydrogens (tertiary/aromatic N) is 3. The minimum absolute atomic E-state index is 0.123. The molecule has 0 aliphatic rings. The van der Waals surface area contributed by atoms with E-state index in [1.165, 1.54) is 0 Å². The predicted octanol–water partition coefficient (Wildman–Crippen LogP) is 3.77. The molecule has 0 saturated heterocycles. The fraction of sp³-hybridized carbons (Fsp3) is 0.105. The molecule has 3 aromatic rings. The Bertz CT molecular complexity index is 1000. The Morgan fingerprint density at radius 2 is 2.04 bits per heavy atom. The molecule has 0 spiro atoms. The zero-order chi connectivity index (χ0) is 18.0. The van der Waals surface area contributed by atoms with E-state index in [1.54, 1.807) is 41.1 Å². The first-order chi connectivity index (χ1) is 12.0. The van der Waals surface area contributed by atoms with Crippen LogP contribution in [0.4, 0.5) is 5.69 Å². The molecule has 1 amide bonds. The Morgan fingerprint density at radius 1 is 1.24 bits per heavy atom. The van der Waals surface area contributed by atoms with Crippen LogP contribution in [-0.2, 0) is 0 Å². The number of terminal acetylenes is 1. The van der Waals surface area contributed by atoms with Crippen molar-refractivity contribution < 1.29 is 4.79 Å². The third-order valence-electron chi connectivity index (χ3n) is 3.56. The quantitative estimate of drug-likeness (QED) is 0.731. The van der Waals surface area contributed by atoms with Gasteiger partial charge in [-0.15, -0.1) is 6.42 Å². The SMILES string of the molecule is C#Cc1cccc(NC(=O)c2nc(-n3nc(C)cc3C)ccc2Cl)c1. The Kier molecular flexibility index (Phi) is 4.55. The fourth-order valence-electron chi connectivity index (χ4n) is 2.45. The first kappa shape index (κ1) is 16.7. The van der Waals surface area contributed by atoms with E-state index in [2.05, 4.69) is 21.3 Å². The molecule has 0 aliphatic heterocycles. The lowest BCUT2D eigenvalue weighted by molar-refractivity contribution is 0.102.